The van der Waals surface area contributed by atoms with Crippen LogP contribution in [0.1, 0.15) is 33.2 Å². The maximum atomic E-state index is 12.9. The van der Waals surface area contributed by atoms with Crippen LogP contribution in [0.5, 0.6) is 0 Å². The van der Waals surface area contributed by atoms with Crippen molar-refractivity contribution < 1.29 is 40.7 Å². The number of carbonyl (C=O) groups is 2. The molecule has 0 bridgehead atoms. The molecule has 1 atom stereocenters. The lowest BCUT2D eigenvalue weighted by Crippen LogP contribution is -2.46. The van der Waals surface area contributed by atoms with E-state index in [1.807, 2.05) is 79.9 Å². The Morgan fingerprint density at radius 2 is 1.32 bits per heavy atom. The number of aryl methyl sites for hydroxylation is 1. The predicted molar refractivity (Wildman–Crippen MR) is 173 cm³/mol. The fourth-order valence-corrected chi connectivity index (χ4v) is 7.10. The highest BCUT2D eigenvalue weighted by Gasteiger charge is 2.47. The summed E-state index contributed by atoms with van der Waals surface area (Å²) in [5, 5.41) is 0. The number of carbonyl (C=O) groups excluding carboxylic acids is 2. The SMILES string of the molecule is Cc1cc(I)c(I)c(C(=O)OCC(C)(CNS(=O)(=O)C(F)(F)F)COC(=O)c2cc(I)cc(I)c2I)c1. The van der Waals surface area contributed by atoms with Crippen molar-refractivity contribution in [3.8, 4) is 0 Å². The van der Waals surface area contributed by atoms with Crippen molar-refractivity contribution in [3.63, 3.8) is 0 Å². The van der Waals surface area contributed by atoms with E-state index >= 15 is 0 Å². The first-order valence-corrected chi connectivity index (χ1v) is 16.7. The molecule has 0 spiro atoms. The normalized spacial score (nSPS) is 13.7. The number of benzene rings is 2. The van der Waals surface area contributed by atoms with Crippen LogP contribution in [-0.2, 0) is 19.5 Å². The van der Waals surface area contributed by atoms with Crippen LogP contribution in [0, 0.1) is 30.2 Å². The average molecular weight is 1100 g/mol. The molecule has 37 heavy (non-hydrogen) atoms. The summed E-state index contributed by atoms with van der Waals surface area (Å²) in [5.74, 6) is -1.50. The smallest absolute Gasteiger partial charge is 0.461 e. The van der Waals surface area contributed by atoms with Gasteiger partial charge in [0.15, 0.2) is 0 Å². The van der Waals surface area contributed by atoms with E-state index in [4.69, 9.17) is 9.47 Å². The largest absolute Gasteiger partial charge is 0.511 e. The molecule has 0 saturated carbocycles. The second kappa shape index (κ2) is 13.6. The molecule has 0 fully saturated rings. The second-order valence-corrected chi connectivity index (χ2v) is 15.6. The molecule has 2 aromatic carbocycles. The van der Waals surface area contributed by atoms with E-state index < -0.39 is 52.6 Å². The third-order valence-electron chi connectivity index (χ3n) is 4.70. The molecule has 0 amide bonds. The van der Waals surface area contributed by atoms with Crippen LogP contribution in [-0.4, -0.2) is 45.6 Å². The molecule has 2 aromatic rings. The van der Waals surface area contributed by atoms with E-state index in [-0.39, 0.29) is 11.1 Å². The number of sulfonamides is 1. The Morgan fingerprint density at radius 3 is 1.81 bits per heavy atom. The van der Waals surface area contributed by atoms with E-state index in [9.17, 15) is 31.2 Å². The number of halogens is 8. The van der Waals surface area contributed by atoms with Gasteiger partial charge in [0.25, 0.3) is 0 Å². The summed E-state index contributed by atoms with van der Waals surface area (Å²) in [7, 11) is -5.68. The zero-order chi connectivity index (χ0) is 28.3. The quantitative estimate of drug-likeness (QED) is 0.176. The number of nitrogens with one attached hydrogen (secondary N) is 1. The summed E-state index contributed by atoms with van der Waals surface area (Å²) in [6.45, 7) is 1.28. The van der Waals surface area contributed by atoms with Gasteiger partial charge < -0.3 is 9.47 Å². The van der Waals surface area contributed by atoms with Crippen molar-refractivity contribution in [2.45, 2.75) is 19.4 Å². The molecular weight excluding hydrogens is 1090 g/mol. The topological polar surface area (TPSA) is 98.8 Å². The molecule has 1 N–H and O–H groups in total. The van der Waals surface area contributed by atoms with Crippen molar-refractivity contribution in [3.05, 3.63) is 58.8 Å². The lowest BCUT2D eigenvalue weighted by atomic mass is 9.93. The molecule has 0 saturated heterocycles. The number of alkyl halides is 3. The highest BCUT2D eigenvalue weighted by atomic mass is 127. The Bertz CT molecular complexity index is 1250. The highest BCUT2D eigenvalue weighted by Crippen LogP contribution is 2.28. The van der Waals surface area contributed by atoms with Gasteiger partial charge in [-0.2, -0.15) is 13.2 Å². The van der Waals surface area contributed by atoms with E-state index in [0.29, 0.717) is 7.14 Å². The second-order valence-electron chi connectivity index (χ2n) is 8.09. The van der Waals surface area contributed by atoms with Crippen molar-refractivity contribution >= 4 is 135 Å². The minimum absolute atomic E-state index is 0.246. The molecule has 2 rings (SSSR count). The van der Waals surface area contributed by atoms with Crippen LogP contribution in [0.15, 0.2) is 24.3 Å². The first-order valence-electron chi connectivity index (χ1n) is 9.87. The van der Waals surface area contributed by atoms with Gasteiger partial charge in [0, 0.05) is 29.8 Å². The number of hydrogen-bond donors (Lipinski definition) is 1. The molecule has 204 valence electrons. The zero-order valence-electron chi connectivity index (χ0n) is 18.8. The third kappa shape index (κ3) is 9.38. The van der Waals surface area contributed by atoms with Gasteiger partial charge >= 0.3 is 27.5 Å². The molecule has 0 radical (unpaired) electrons. The Labute approximate surface area is 279 Å². The summed E-state index contributed by atoms with van der Waals surface area (Å²) >= 11 is 10.1. The van der Waals surface area contributed by atoms with Gasteiger partial charge in [-0.15, -0.1) is 0 Å². The van der Waals surface area contributed by atoms with Gasteiger partial charge in [-0.1, -0.05) is 6.92 Å². The Kier molecular flexibility index (Phi) is 12.5. The van der Waals surface area contributed by atoms with Crippen LogP contribution < -0.4 is 4.72 Å². The van der Waals surface area contributed by atoms with Crippen LogP contribution in [0.3, 0.4) is 0 Å². The maximum Gasteiger partial charge on any atom is 0.511 e. The molecule has 16 heteroatoms. The fraction of sp³-hybridized carbons (Fsp3) is 0.333. The fourth-order valence-electron chi connectivity index (χ4n) is 2.71. The van der Waals surface area contributed by atoms with Crippen molar-refractivity contribution in [2.75, 3.05) is 19.8 Å². The molecule has 0 aliphatic rings. The van der Waals surface area contributed by atoms with E-state index in [2.05, 4.69) is 45.2 Å². The Balaban J connectivity index is 2.28. The molecule has 0 aliphatic carbocycles. The first-order chi connectivity index (χ1) is 16.9. The van der Waals surface area contributed by atoms with Crippen molar-refractivity contribution in [1.29, 1.82) is 0 Å². The molecule has 0 heterocycles. The zero-order valence-corrected chi connectivity index (χ0v) is 30.4. The van der Waals surface area contributed by atoms with Crippen LogP contribution in [0.25, 0.3) is 0 Å². The summed E-state index contributed by atoms with van der Waals surface area (Å²) in [5.41, 5.74) is -5.76. The van der Waals surface area contributed by atoms with Crippen molar-refractivity contribution in [1.82, 2.24) is 4.72 Å². The maximum absolute atomic E-state index is 12.9. The summed E-state index contributed by atoms with van der Waals surface area (Å²) in [6.07, 6.45) is 0. The minimum atomic E-state index is -5.68. The molecule has 0 aromatic heterocycles. The Morgan fingerprint density at radius 1 is 0.865 bits per heavy atom. The predicted octanol–water partition coefficient (Wildman–Crippen LogP) is 6.48. The van der Waals surface area contributed by atoms with Gasteiger partial charge in [-0.25, -0.2) is 22.7 Å². The van der Waals surface area contributed by atoms with Crippen LogP contribution >= 0.6 is 113 Å². The average Bonchev–Trinajstić information content (AvgIpc) is 2.78. The third-order valence-corrected chi connectivity index (χ3v) is 12.5. The monoisotopic (exact) mass is 1100 g/mol. The molecule has 1 unspecified atom stereocenters. The van der Waals surface area contributed by atoms with Crippen LogP contribution in [0.4, 0.5) is 13.2 Å². The molecular formula is C21H17F3I5NO6S. The standard InChI is InChI=1S/C21H17F3I5NO6S/c1-10-3-12(16(28)14(26)4-10)18(31)35-8-20(2,7-30-37(33,34)21(22,23)24)9-36-19(32)13-5-11(25)6-15(27)17(13)29/h3-6,30H,7-9H2,1-2H3. The van der Waals surface area contributed by atoms with Gasteiger partial charge in [-0.3, -0.25) is 0 Å². The first kappa shape index (κ1) is 33.9. The van der Waals surface area contributed by atoms with Crippen molar-refractivity contribution in [2.24, 2.45) is 5.41 Å². The Hall–Kier alpha value is 0.730. The van der Waals surface area contributed by atoms with Gasteiger partial charge in [-0.05, 0) is 150 Å². The molecule has 7 nitrogen and oxygen atoms in total. The summed E-state index contributed by atoms with van der Waals surface area (Å²) in [6, 6.07) is 6.92. The van der Waals surface area contributed by atoms with Gasteiger partial charge in [0.1, 0.15) is 13.2 Å². The van der Waals surface area contributed by atoms with Gasteiger partial charge in [0.2, 0.25) is 0 Å². The number of ether oxygens (including phenoxy) is 2. The van der Waals surface area contributed by atoms with E-state index in [1.54, 1.807) is 19.1 Å². The summed E-state index contributed by atoms with van der Waals surface area (Å²) in [4.78, 5) is 25.6. The van der Waals surface area contributed by atoms with E-state index in [1.165, 1.54) is 11.6 Å². The lowest BCUT2D eigenvalue weighted by molar-refractivity contribution is -0.0457. The number of esters is 2. The molecule has 0 aliphatic heterocycles. The highest BCUT2D eigenvalue weighted by molar-refractivity contribution is 14.1. The van der Waals surface area contributed by atoms with E-state index in [0.717, 1.165) is 16.3 Å². The minimum Gasteiger partial charge on any atom is -0.461 e. The summed E-state index contributed by atoms with van der Waals surface area (Å²) < 4.78 is 77.7. The van der Waals surface area contributed by atoms with Crippen LogP contribution in [0.2, 0.25) is 0 Å². The van der Waals surface area contributed by atoms with Gasteiger partial charge in [0.05, 0.1) is 11.1 Å². The number of hydrogen-bond acceptors (Lipinski definition) is 6. The lowest BCUT2D eigenvalue weighted by Gasteiger charge is -2.29. The number of rotatable bonds is 9.